The van der Waals surface area contributed by atoms with Crippen LogP contribution in [-0.4, -0.2) is 22.9 Å². The predicted molar refractivity (Wildman–Crippen MR) is 105 cm³/mol. The van der Waals surface area contributed by atoms with Crippen LogP contribution >= 0.6 is 0 Å². The van der Waals surface area contributed by atoms with Gasteiger partial charge >= 0.3 is 6.36 Å². The lowest BCUT2D eigenvalue weighted by molar-refractivity contribution is -0.274. The normalized spacial score (nSPS) is 11.6. The van der Waals surface area contributed by atoms with Crippen LogP contribution in [0.4, 0.5) is 13.2 Å². The number of aryl methyl sites for hydroxylation is 1. The maximum absolute atomic E-state index is 12.1. The number of alkyl halides is 3. The van der Waals surface area contributed by atoms with Crippen molar-refractivity contribution in [1.29, 1.82) is 0 Å². The van der Waals surface area contributed by atoms with Crippen molar-refractivity contribution in [2.24, 2.45) is 0 Å². The third-order valence-electron chi connectivity index (χ3n) is 3.67. The van der Waals surface area contributed by atoms with E-state index in [0.717, 1.165) is 35.4 Å². The summed E-state index contributed by atoms with van der Waals surface area (Å²) in [5.41, 5.74) is 3.97. The Labute approximate surface area is 164 Å². The van der Waals surface area contributed by atoms with Gasteiger partial charge in [-0.15, -0.1) is 19.8 Å². The zero-order valence-electron chi connectivity index (χ0n) is 16.5. The minimum absolute atomic E-state index is 0.234. The first kappa shape index (κ1) is 23.5. The molecule has 0 aliphatic rings. The number of benzene rings is 1. The largest absolute Gasteiger partial charge is 0.573 e. The van der Waals surface area contributed by atoms with Crippen molar-refractivity contribution in [2.75, 3.05) is 6.61 Å². The molecule has 0 radical (unpaired) electrons. The zero-order chi connectivity index (χ0) is 21.0. The average molecular weight is 396 g/mol. The van der Waals surface area contributed by atoms with Gasteiger partial charge in [0.15, 0.2) is 0 Å². The molecule has 0 aliphatic carbocycles. The SMILES string of the molecule is C/C=C(\C)c1nc[nH]c1CCCOCc1ccc(OC(F)(F)F)cc1.C=CC. The van der Waals surface area contributed by atoms with Crippen molar-refractivity contribution in [3.05, 3.63) is 66.3 Å². The van der Waals surface area contributed by atoms with Gasteiger partial charge in [-0.1, -0.05) is 24.3 Å². The Morgan fingerprint density at radius 3 is 2.43 bits per heavy atom. The maximum atomic E-state index is 12.1. The van der Waals surface area contributed by atoms with E-state index in [9.17, 15) is 13.2 Å². The Hall–Kier alpha value is -2.54. The Balaban J connectivity index is 0.00000122. The molecular weight excluding hydrogens is 369 g/mol. The molecule has 2 rings (SSSR count). The highest BCUT2D eigenvalue weighted by atomic mass is 19.4. The van der Waals surface area contributed by atoms with Crippen molar-refractivity contribution in [3.8, 4) is 5.75 Å². The number of aromatic nitrogens is 2. The number of hydrogen-bond acceptors (Lipinski definition) is 3. The summed E-state index contributed by atoms with van der Waals surface area (Å²) >= 11 is 0. The van der Waals surface area contributed by atoms with E-state index in [4.69, 9.17) is 4.74 Å². The van der Waals surface area contributed by atoms with Gasteiger partial charge in [-0.05, 0) is 56.9 Å². The van der Waals surface area contributed by atoms with E-state index in [0.29, 0.717) is 13.2 Å². The number of nitrogens with one attached hydrogen (secondary N) is 1. The topological polar surface area (TPSA) is 47.1 Å². The standard InChI is InChI=1S/C18H21F3N2O2.C3H6/c1-3-13(2)17-16(22-12-23-17)5-4-10-24-11-14-6-8-15(9-7-14)25-18(19,20)21;1-3-2/h3,6-9,12H,4-5,10-11H2,1-2H3,(H,22,23);3H,1H2,2H3/b13-3+;. The summed E-state index contributed by atoms with van der Waals surface area (Å²) in [5, 5.41) is 0. The summed E-state index contributed by atoms with van der Waals surface area (Å²) in [6.07, 6.45) is 2.42. The molecule has 0 fully saturated rings. The van der Waals surface area contributed by atoms with Crippen LogP contribution in [0.1, 0.15) is 44.1 Å². The van der Waals surface area contributed by atoms with Crippen molar-refractivity contribution in [2.45, 2.75) is 46.6 Å². The van der Waals surface area contributed by atoms with E-state index in [1.807, 2.05) is 26.8 Å². The van der Waals surface area contributed by atoms with Gasteiger partial charge in [-0.25, -0.2) is 4.98 Å². The summed E-state index contributed by atoms with van der Waals surface area (Å²) in [5.74, 6) is -0.234. The first-order valence-electron chi connectivity index (χ1n) is 8.95. The molecule has 0 bridgehead atoms. The molecule has 0 saturated heterocycles. The molecule has 0 unspecified atom stereocenters. The fourth-order valence-electron chi connectivity index (χ4n) is 2.32. The highest BCUT2D eigenvalue weighted by molar-refractivity contribution is 5.61. The summed E-state index contributed by atoms with van der Waals surface area (Å²) in [4.78, 5) is 7.45. The number of hydrogen-bond donors (Lipinski definition) is 1. The van der Waals surface area contributed by atoms with E-state index >= 15 is 0 Å². The predicted octanol–water partition coefficient (Wildman–Crippen LogP) is 6.07. The zero-order valence-corrected chi connectivity index (χ0v) is 16.5. The molecule has 7 heteroatoms. The minimum Gasteiger partial charge on any atom is -0.406 e. The molecular formula is C21H27F3N2O2. The molecule has 1 heterocycles. The molecule has 0 atom stereocenters. The summed E-state index contributed by atoms with van der Waals surface area (Å²) < 4.78 is 45.7. The van der Waals surface area contributed by atoms with E-state index in [1.54, 1.807) is 24.5 Å². The Kier molecular flexibility index (Phi) is 10.1. The fourth-order valence-corrected chi connectivity index (χ4v) is 2.32. The second-order valence-electron chi connectivity index (χ2n) is 5.96. The number of aromatic amines is 1. The number of imidazole rings is 1. The van der Waals surface area contributed by atoms with Gasteiger partial charge in [0, 0.05) is 12.3 Å². The second kappa shape index (κ2) is 12.0. The Morgan fingerprint density at radius 2 is 1.86 bits per heavy atom. The van der Waals surface area contributed by atoms with Crippen LogP contribution in [0, 0.1) is 0 Å². The summed E-state index contributed by atoms with van der Waals surface area (Å²) in [6, 6.07) is 5.68. The number of nitrogens with zero attached hydrogens (tertiary/aromatic N) is 1. The van der Waals surface area contributed by atoms with Crippen LogP contribution in [0.25, 0.3) is 5.57 Å². The van der Waals surface area contributed by atoms with Gasteiger partial charge in [-0.3, -0.25) is 0 Å². The van der Waals surface area contributed by atoms with Crippen molar-refractivity contribution in [1.82, 2.24) is 9.97 Å². The molecule has 0 amide bonds. The van der Waals surface area contributed by atoms with E-state index in [-0.39, 0.29) is 5.75 Å². The van der Waals surface area contributed by atoms with Crippen LogP contribution in [-0.2, 0) is 17.8 Å². The molecule has 1 N–H and O–H groups in total. The lowest BCUT2D eigenvalue weighted by Crippen LogP contribution is -2.17. The Bertz CT molecular complexity index is 735. The fraction of sp³-hybridized carbons (Fsp3) is 0.381. The maximum Gasteiger partial charge on any atom is 0.573 e. The molecule has 1 aromatic heterocycles. The Morgan fingerprint density at radius 1 is 1.21 bits per heavy atom. The quantitative estimate of drug-likeness (QED) is 0.435. The number of rotatable bonds is 8. The number of ether oxygens (including phenoxy) is 2. The molecule has 1 aromatic carbocycles. The van der Waals surface area contributed by atoms with Crippen LogP contribution in [0.15, 0.2) is 49.3 Å². The summed E-state index contributed by atoms with van der Waals surface area (Å²) in [6.45, 7) is 10.1. The average Bonchev–Trinajstić information content (AvgIpc) is 3.10. The molecule has 0 saturated carbocycles. The minimum atomic E-state index is -4.67. The molecule has 4 nitrogen and oxygen atoms in total. The monoisotopic (exact) mass is 396 g/mol. The number of H-pyrrole nitrogens is 1. The van der Waals surface area contributed by atoms with Crippen molar-refractivity contribution >= 4 is 5.57 Å². The van der Waals surface area contributed by atoms with Gasteiger partial charge in [0.05, 0.1) is 18.6 Å². The van der Waals surface area contributed by atoms with Gasteiger partial charge in [0.25, 0.3) is 0 Å². The smallest absolute Gasteiger partial charge is 0.406 e. The lowest BCUT2D eigenvalue weighted by atomic mass is 10.1. The first-order chi connectivity index (χ1) is 13.3. The van der Waals surface area contributed by atoms with Gasteiger partial charge in [0.1, 0.15) is 5.75 Å². The molecule has 28 heavy (non-hydrogen) atoms. The highest BCUT2D eigenvalue weighted by Crippen LogP contribution is 2.23. The number of allylic oxidation sites excluding steroid dienone is 3. The van der Waals surface area contributed by atoms with Crippen molar-refractivity contribution < 1.29 is 22.6 Å². The molecule has 0 aliphatic heterocycles. The number of halogens is 3. The van der Waals surface area contributed by atoms with Gasteiger partial charge in [0.2, 0.25) is 0 Å². The van der Waals surface area contributed by atoms with Crippen LogP contribution in [0.5, 0.6) is 5.75 Å². The van der Waals surface area contributed by atoms with E-state index in [2.05, 4.69) is 21.3 Å². The highest BCUT2D eigenvalue weighted by Gasteiger charge is 2.30. The summed E-state index contributed by atoms with van der Waals surface area (Å²) in [7, 11) is 0. The third-order valence-corrected chi connectivity index (χ3v) is 3.67. The van der Waals surface area contributed by atoms with Crippen molar-refractivity contribution in [3.63, 3.8) is 0 Å². The van der Waals surface area contributed by atoms with Gasteiger partial charge < -0.3 is 14.5 Å². The van der Waals surface area contributed by atoms with Gasteiger partial charge in [-0.2, -0.15) is 0 Å². The third kappa shape index (κ3) is 8.90. The van der Waals surface area contributed by atoms with Crippen LogP contribution in [0.3, 0.4) is 0 Å². The molecule has 2 aromatic rings. The van der Waals surface area contributed by atoms with E-state index < -0.39 is 6.36 Å². The molecule has 154 valence electrons. The van der Waals surface area contributed by atoms with Crippen LogP contribution < -0.4 is 4.74 Å². The van der Waals surface area contributed by atoms with E-state index in [1.165, 1.54) is 12.1 Å². The van der Waals surface area contributed by atoms with Crippen LogP contribution in [0.2, 0.25) is 0 Å². The second-order valence-corrected chi connectivity index (χ2v) is 5.96. The molecule has 0 spiro atoms. The lowest BCUT2D eigenvalue weighted by Gasteiger charge is -2.09. The first-order valence-corrected chi connectivity index (χ1v) is 8.95.